The highest BCUT2D eigenvalue weighted by molar-refractivity contribution is 5.95. The van der Waals surface area contributed by atoms with Crippen LogP contribution in [-0.4, -0.2) is 34.0 Å². The molecule has 0 atom stereocenters. The van der Waals surface area contributed by atoms with E-state index in [4.69, 9.17) is 4.74 Å². The van der Waals surface area contributed by atoms with E-state index >= 15 is 0 Å². The van der Waals surface area contributed by atoms with Crippen molar-refractivity contribution in [3.8, 4) is 11.1 Å². The van der Waals surface area contributed by atoms with Crippen LogP contribution in [0.15, 0.2) is 72.8 Å². The van der Waals surface area contributed by atoms with Crippen molar-refractivity contribution in [1.29, 1.82) is 0 Å². The summed E-state index contributed by atoms with van der Waals surface area (Å²) < 4.78 is 6.48. The monoisotopic (exact) mass is 508 g/mol. The number of ether oxygens (including phenoxy) is 1. The highest BCUT2D eigenvalue weighted by Gasteiger charge is 2.27. The number of nitrogens with zero attached hydrogens (tertiary/aromatic N) is 4. The van der Waals surface area contributed by atoms with Crippen LogP contribution in [0.3, 0.4) is 0 Å². The molecule has 1 heterocycles. The van der Waals surface area contributed by atoms with Crippen molar-refractivity contribution in [1.82, 2.24) is 15.0 Å². The highest BCUT2D eigenvalue weighted by Crippen LogP contribution is 2.30. The van der Waals surface area contributed by atoms with Crippen molar-refractivity contribution in [2.45, 2.75) is 38.6 Å². The van der Waals surface area contributed by atoms with E-state index in [1.165, 1.54) is 19.6 Å². The molecule has 5 rings (SSSR count). The van der Waals surface area contributed by atoms with Gasteiger partial charge in [-0.1, -0.05) is 66.9 Å². The molecule has 7 heteroatoms. The van der Waals surface area contributed by atoms with Crippen LogP contribution in [0.1, 0.15) is 43.2 Å². The van der Waals surface area contributed by atoms with Gasteiger partial charge in [0.15, 0.2) is 0 Å². The van der Waals surface area contributed by atoms with E-state index < -0.39 is 5.97 Å². The molecule has 0 aliphatic heterocycles. The molecule has 0 bridgehead atoms. The van der Waals surface area contributed by atoms with Gasteiger partial charge < -0.3 is 9.64 Å². The first-order valence-electron chi connectivity index (χ1n) is 13.1. The fraction of sp³-hybridized carbons (Fsp3) is 0.290. The number of carbonyl (C=O) groups excluding carboxylic acids is 2. The maximum Gasteiger partial charge on any atom is 0.330 e. The zero-order valence-electron chi connectivity index (χ0n) is 21.8. The first kappa shape index (κ1) is 25.4. The number of esters is 1. The third kappa shape index (κ3) is 5.67. The number of fused-ring (bicyclic) bond motifs is 1. The third-order valence-corrected chi connectivity index (χ3v) is 7.25. The molecule has 0 unspecified atom stereocenters. The van der Waals surface area contributed by atoms with Gasteiger partial charge >= 0.3 is 5.97 Å². The second-order valence-electron chi connectivity index (χ2n) is 9.82. The van der Waals surface area contributed by atoms with Crippen molar-refractivity contribution in [2.75, 3.05) is 12.0 Å². The average Bonchev–Trinajstić information content (AvgIpc) is 3.35. The van der Waals surface area contributed by atoms with Crippen LogP contribution in [0.4, 0.5) is 5.69 Å². The molecule has 3 aromatic carbocycles. The van der Waals surface area contributed by atoms with Gasteiger partial charge in [0.05, 0.1) is 19.2 Å². The van der Waals surface area contributed by atoms with Gasteiger partial charge in [-0.2, -0.15) is 0 Å². The van der Waals surface area contributed by atoms with E-state index in [1.807, 2.05) is 48.3 Å². The average molecular weight is 509 g/mol. The molecular formula is C31H32N4O3. The van der Waals surface area contributed by atoms with E-state index in [-0.39, 0.29) is 11.8 Å². The van der Waals surface area contributed by atoms with Gasteiger partial charge in [0, 0.05) is 24.7 Å². The second-order valence-corrected chi connectivity index (χ2v) is 9.82. The molecular weight excluding hydrogens is 476 g/mol. The normalized spacial score (nSPS) is 14.2. The summed E-state index contributed by atoms with van der Waals surface area (Å²) in [6, 6.07) is 22.2. The molecule has 4 aromatic rings. The lowest BCUT2D eigenvalue weighted by Crippen LogP contribution is -2.36. The molecule has 1 amide bonds. The first-order chi connectivity index (χ1) is 18.5. The molecule has 0 radical (unpaired) electrons. The molecule has 0 saturated heterocycles. The van der Waals surface area contributed by atoms with Crippen LogP contribution < -0.4 is 4.90 Å². The fourth-order valence-corrected chi connectivity index (χ4v) is 5.10. The van der Waals surface area contributed by atoms with Crippen LogP contribution in [0.2, 0.25) is 0 Å². The summed E-state index contributed by atoms with van der Waals surface area (Å²) in [7, 11) is 3.24. The topological polar surface area (TPSA) is 77.3 Å². The Morgan fingerprint density at radius 3 is 2.53 bits per heavy atom. The number of aromatic nitrogens is 3. The summed E-state index contributed by atoms with van der Waals surface area (Å²) in [5.74, 6) is -0.212. The predicted molar refractivity (Wildman–Crippen MR) is 149 cm³/mol. The van der Waals surface area contributed by atoms with Crippen molar-refractivity contribution in [3.63, 3.8) is 0 Å². The predicted octanol–water partition coefficient (Wildman–Crippen LogP) is 5.94. The molecule has 1 aliphatic carbocycles. The maximum absolute atomic E-state index is 13.8. The second kappa shape index (κ2) is 11.4. The zero-order valence-corrected chi connectivity index (χ0v) is 21.8. The van der Waals surface area contributed by atoms with Gasteiger partial charge in [-0.05, 0) is 65.4 Å². The van der Waals surface area contributed by atoms with E-state index in [2.05, 4.69) is 40.6 Å². The van der Waals surface area contributed by atoms with Crippen molar-refractivity contribution in [2.24, 2.45) is 13.0 Å². The molecule has 1 fully saturated rings. The minimum absolute atomic E-state index is 0.0380. The lowest BCUT2D eigenvalue weighted by Gasteiger charge is -2.30. The lowest BCUT2D eigenvalue weighted by molar-refractivity contribution is -0.134. The van der Waals surface area contributed by atoms with Crippen molar-refractivity contribution >= 4 is 34.7 Å². The van der Waals surface area contributed by atoms with Crippen LogP contribution in [0, 0.1) is 5.92 Å². The Kier molecular flexibility index (Phi) is 7.63. The Hall–Kier alpha value is -4.26. The van der Waals surface area contributed by atoms with E-state index in [0.717, 1.165) is 64.7 Å². The van der Waals surface area contributed by atoms with Crippen LogP contribution in [0.5, 0.6) is 0 Å². The number of carbonyl (C=O) groups is 2. The molecule has 194 valence electrons. The van der Waals surface area contributed by atoms with Gasteiger partial charge in [-0.25, -0.2) is 9.48 Å². The summed E-state index contributed by atoms with van der Waals surface area (Å²) in [5.41, 5.74) is 6.72. The van der Waals surface area contributed by atoms with Gasteiger partial charge in [0.2, 0.25) is 5.91 Å². The van der Waals surface area contributed by atoms with Crippen molar-refractivity contribution < 1.29 is 14.3 Å². The number of amides is 1. The quantitative estimate of drug-likeness (QED) is 0.228. The minimum Gasteiger partial charge on any atom is -0.466 e. The number of rotatable bonds is 7. The maximum atomic E-state index is 13.8. The third-order valence-electron chi connectivity index (χ3n) is 7.25. The summed E-state index contributed by atoms with van der Waals surface area (Å²) in [6.07, 6.45) is 8.35. The summed E-state index contributed by atoms with van der Waals surface area (Å²) >= 11 is 0. The molecule has 1 saturated carbocycles. The Bertz CT molecular complexity index is 1470. The largest absolute Gasteiger partial charge is 0.466 e. The van der Waals surface area contributed by atoms with Gasteiger partial charge in [-0.15, -0.1) is 5.10 Å². The van der Waals surface area contributed by atoms with Crippen LogP contribution >= 0.6 is 0 Å². The Morgan fingerprint density at radius 2 is 1.76 bits per heavy atom. The van der Waals surface area contributed by atoms with Crippen LogP contribution in [0.25, 0.3) is 28.2 Å². The van der Waals surface area contributed by atoms with Crippen molar-refractivity contribution in [3.05, 3.63) is 83.9 Å². The fourth-order valence-electron chi connectivity index (χ4n) is 5.10. The number of hydrogen-bond acceptors (Lipinski definition) is 5. The number of hydrogen-bond donors (Lipinski definition) is 0. The zero-order chi connectivity index (χ0) is 26.5. The Morgan fingerprint density at radius 1 is 1.00 bits per heavy atom. The number of anilines is 1. The standard InChI is InChI=1S/C31H32N4O3/c1-34-29-17-16-26(20-28(29)32-33-34)24-14-11-23(12-15-24)21-35(31(37)25-8-4-3-5-9-25)27-10-6-7-22(19-27)13-18-30(36)38-2/h6-7,10-20,25H,3-5,8-9,21H2,1-2H3/b18-13+. The Balaban J connectivity index is 1.41. The summed E-state index contributed by atoms with van der Waals surface area (Å²) in [5, 5.41) is 8.33. The van der Waals surface area contributed by atoms with Gasteiger partial charge in [0.1, 0.15) is 5.52 Å². The number of benzene rings is 3. The smallest absolute Gasteiger partial charge is 0.330 e. The van der Waals surface area contributed by atoms with Crippen LogP contribution in [-0.2, 0) is 27.9 Å². The SMILES string of the molecule is COC(=O)/C=C/c1cccc(N(Cc2ccc(-c3ccc4c(c3)nnn4C)cc2)C(=O)C2CCCCC2)c1. The Labute approximate surface area is 222 Å². The molecule has 0 spiro atoms. The molecule has 1 aromatic heterocycles. The van der Waals surface area contributed by atoms with Gasteiger partial charge in [-0.3, -0.25) is 4.79 Å². The summed E-state index contributed by atoms with van der Waals surface area (Å²) in [6.45, 7) is 0.475. The number of methoxy groups -OCH3 is 1. The minimum atomic E-state index is -0.413. The number of aryl methyl sites for hydroxylation is 1. The van der Waals surface area contributed by atoms with E-state index in [9.17, 15) is 9.59 Å². The van der Waals surface area contributed by atoms with Gasteiger partial charge in [0.25, 0.3) is 0 Å². The first-order valence-corrected chi connectivity index (χ1v) is 13.1. The van der Waals surface area contributed by atoms with E-state index in [1.54, 1.807) is 10.8 Å². The molecule has 0 N–H and O–H groups in total. The van der Waals surface area contributed by atoms with E-state index in [0.29, 0.717) is 6.54 Å². The summed E-state index contributed by atoms with van der Waals surface area (Å²) in [4.78, 5) is 27.2. The molecule has 1 aliphatic rings. The molecule has 38 heavy (non-hydrogen) atoms. The molecule has 7 nitrogen and oxygen atoms in total. The lowest BCUT2D eigenvalue weighted by atomic mass is 9.88. The highest BCUT2D eigenvalue weighted by atomic mass is 16.5.